The molecule has 0 saturated carbocycles. The topological polar surface area (TPSA) is 59.6 Å². The average molecular weight is 308 g/mol. The summed E-state index contributed by atoms with van der Waals surface area (Å²) in [4.78, 5) is 11.8. The minimum atomic E-state index is 0.0480. The average Bonchev–Trinajstić information content (AvgIpc) is 2.51. The Labute approximate surface area is 133 Å². The lowest BCUT2D eigenvalue weighted by Crippen LogP contribution is -2.28. The molecule has 1 amide bonds. The van der Waals surface area contributed by atoms with Gasteiger partial charge in [-0.25, -0.2) is 0 Å². The van der Waals surface area contributed by atoms with E-state index < -0.39 is 0 Å². The molecule has 5 nitrogen and oxygen atoms in total. The minimum Gasteiger partial charge on any atom is -0.493 e. The zero-order valence-corrected chi connectivity index (χ0v) is 14.1. The molecule has 0 aliphatic carbocycles. The molecule has 5 heteroatoms. The molecule has 0 spiro atoms. The molecule has 0 saturated heterocycles. The van der Waals surface area contributed by atoms with Crippen molar-refractivity contribution in [2.24, 2.45) is 5.92 Å². The number of carbonyl (C=O) groups excluding carboxylic acids is 1. The predicted octanol–water partition coefficient (Wildman–Crippen LogP) is 2.35. The first kappa shape index (κ1) is 18.3. The molecular weight excluding hydrogens is 280 g/mol. The lowest BCUT2D eigenvalue weighted by molar-refractivity contribution is -0.121. The van der Waals surface area contributed by atoms with Crippen molar-refractivity contribution in [1.82, 2.24) is 10.6 Å². The fourth-order valence-electron chi connectivity index (χ4n) is 2.00. The molecule has 0 heterocycles. The van der Waals surface area contributed by atoms with E-state index in [0.29, 0.717) is 36.9 Å². The Morgan fingerprint density at radius 2 is 1.86 bits per heavy atom. The number of carbonyl (C=O) groups is 1. The second kappa shape index (κ2) is 10.1. The second-order valence-corrected chi connectivity index (χ2v) is 5.65. The van der Waals surface area contributed by atoms with E-state index in [1.54, 1.807) is 14.2 Å². The Bertz CT molecular complexity index is 461. The summed E-state index contributed by atoms with van der Waals surface area (Å²) in [5.41, 5.74) is 0.985. The fraction of sp³-hybridized carbons (Fsp3) is 0.588. The summed E-state index contributed by atoms with van der Waals surface area (Å²) in [6.45, 7) is 6.55. The highest BCUT2D eigenvalue weighted by atomic mass is 16.5. The summed E-state index contributed by atoms with van der Waals surface area (Å²) >= 11 is 0. The molecule has 1 aromatic carbocycles. The molecule has 0 bridgehead atoms. The van der Waals surface area contributed by atoms with E-state index in [0.717, 1.165) is 18.5 Å². The van der Waals surface area contributed by atoms with Gasteiger partial charge < -0.3 is 20.1 Å². The van der Waals surface area contributed by atoms with Gasteiger partial charge >= 0.3 is 0 Å². The van der Waals surface area contributed by atoms with E-state index in [1.807, 2.05) is 18.2 Å². The van der Waals surface area contributed by atoms with Crippen LogP contribution in [0.4, 0.5) is 0 Å². The van der Waals surface area contributed by atoms with Gasteiger partial charge in [-0.3, -0.25) is 4.79 Å². The van der Waals surface area contributed by atoms with Crippen LogP contribution < -0.4 is 20.1 Å². The van der Waals surface area contributed by atoms with Crippen LogP contribution >= 0.6 is 0 Å². The standard InChI is InChI=1S/C17H28N2O3/c1-13(2)7-9-18-10-8-17(20)19-12-14-5-6-15(21-3)16(11-14)22-4/h5-6,11,13,18H,7-10,12H2,1-4H3,(H,19,20). The maximum atomic E-state index is 11.8. The van der Waals surface area contributed by atoms with Crippen LogP contribution in [0.3, 0.4) is 0 Å². The van der Waals surface area contributed by atoms with Crippen LogP contribution in [-0.4, -0.2) is 33.2 Å². The molecule has 1 aromatic rings. The van der Waals surface area contributed by atoms with E-state index in [1.165, 1.54) is 0 Å². The first-order valence-corrected chi connectivity index (χ1v) is 7.75. The van der Waals surface area contributed by atoms with Gasteiger partial charge in [-0.15, -0.1) is 0 Å². The van der Waals surface area contributed by atoms with Crippen LogP contribution in [0.1, 0.15) is 32.3 Å². The van der Waals surface area contributed by atoms with E-state index in [4.69, 9.17) is 9.47 Å². The first-order valence-electron chi connectivity index (χ1n) is 7.75. The molecular formula is C17H28N2O3. The largest absolute Gasteiger partial charge is 0.493 e. The highest BCUT2D eigenvalue weighted by Crippen LogP contribution is 2.27. The summed E-state index contributed by atoms with van der Waals surface area (Å²) in [7, 11) is 3.20. The zero-order valence-electron chi connectivity index (χ0n) is 14.1. The van der Waals surface area contributed by atoms with Crippen molar-refractivity contribution in [2.75, 3.05) is 27.3 Å². The molecule has 0 atom stereocenters. The number of rotatable bonds is 10. The van der Waals surface area contributed by atoms with Crippen molar-refractivity contribution in [1.29, 1.82) is 0 Å². The van der Waals surface area contributed by atoms with E-state index >= 15 is 0 Å². The number of amides is 1. The van der Waals surface area contributed by atoms with Gasteiger partial charge in [-0.05, 0) is 36.6 Å². The first-order chi connectivity index (χ1) is 10.6. The maximum Gasteiger partial charge on any atom is 0.221 e. The maximum absolute atomic E-state index is 11.8. The molecule has 0 unspecified atom stereocenters. The molecule has 2 N–H and O–H groups in total. The van der Waals surface area contributed by atoms with Crippen molar-refractivity contribution in [3.05, 3.63) is 23.8 Å². The van der Waals surface area contributed by atoms with Crippen LogP contribution in [0.2, 0.25) is 0 Å². The molecule has 22 heavy (non-hydrogen) atoms. The molecule has 0 aliphatic rings. The van der Waals surface area contributed by atoms with Crippen molar-refractivity contribution < 1.29 is 14.3 Å². The van der Waals surface area contributed by atoms with Gasteiger partial charge in [0.25, 0.3) is 0 Å². The van der Waals surface area contributed by atoms with Gasteiger partial charge in [-0.1, -0.05) is 19.9 Å². The van der Waals surface area contributed by atoms with Crippen LogP contribution in [0, 0.1) is 5.92 Å². The summed E-state index contributed by atoms with van der Waals surface area (Å²) in [5, 5.41) is 6.19. The second-order valence-electron chi connectivity index (χ2n) is 5.65. The van der Waals surface area contributed by atoms with E-state index in [9.17, 15) is 4.79 Å². The van der Waals surface area contributed by atoms with Crippen LogP contribution in [-0.2, 0) is 11.3 Å². The third-order valence-electron chi connectivity index (χ3n) is 3.36. The van der Waals surface area contributed by atoms with Gasteiger partial charge in [0, 0.05) is 19.5 Å². The summed E-state index contributed by atoms with van der Waals surface area (Å²) in [5.74, 6) is 2.09. The summed E-state index contributed by atoms with van der Waals surface area (Å²) < 4.78 is 10.4. The van der Waals surface area contributed by atoms with Crippen LogP contribution in [0.25, 0.3) is 0 Å². The van der Waals surface area contributed by atoms with Crippen LogP contribution in [0.5, 0.6) is 11.5 Å². The fourth-order valence-corrected chi connectivity index (χ4v) is 2.00. The number of benzene rings is 1. The van der Waals surface area contributed by atoms with Gasteiger partial charge in [-0.2, -0.15) is 0 Å². The molecule has 0 aliphatic heterocycles. The number of methoxy groups -OCH3 is 2. The zero-order chi connectivity index (χ0) is 16.4. The highest BCUT2D eigenvalue weighted by Gasteiger charge is 2.06. The summed E-state index contributed by atoms with van der Waals surface area (Å²) in [6, 6.07) is 5.64. The normalized spacial score (nSPS) is 10.6. The lowest BCUT2D eigenvalue weighted by Gasteiger charge is -2.11. The van der Waals surface area contributed by atoms with Crippen molar-refractivity contribution >= 4 is 5.91 Å². The van der Waals surface area contributed by atoms with Crippen molar-refractivity contribution in [2.45, 2.75) is 33.2 Å². The minimum absolute atomic E-state index is 0.0480. The van der Waals surface area contributed by atoms with Gasteiger partial charge in [0.2, 0.25) is 5.91 Å². The molecule has 0 aromatic heterocycles. The van der Waals surface area contributed by atoms with E-state index in [-0.39, 0.29) is 5.91 Å². The monoisotopic (exact) mass is 308 g/mol. The highest BCUT2D eigenvalue weighted by molar-refractivity contribution is 5.76. The number of hydrogen-bond acceptors (Lipinski definition) is 4. The SMILES string of the molecule is COc1ccc(CNC(=O)CCNCCC(C)C)cc1OC. The Hall–Kier alpha value is -1.75. The number of hydrogen-bond donors (Lipinski definition) is 2. The quantitative estimate of drug-likeness (QED) is 0.651. The Balaban J connectivity index is 2.29. The van der Waals surface area contributed by atoms with Gasteiger partial charge in [0.05, 0.1) is 14.2 Å². The molecule has 1 rings (SSSR count). The van der Waals surface area contributed by atoms with Gasteiger partial charge in [0.15, 0.2) is 11.5 Å². The summed E-state index contributed by atoms with van der Waals surface area (Å²) in [6.07, 6.45) is 1.62. The lowest BCUT2D eigenvalue weighted by atomic mass is 10.1. The van der Waals surface area contributed by atoms with Crippen molar-refractivity contribution in [3.63, 3.8) is 0 Å². The smallest absolute Gasteiger partial charge is 0.221 e. The Morgan fingerprint density at radius 3 is 2.50 bits per heavy atom. The molecule has 0 fully saturated rings. The number of ether oxygens (including phenoxy) is 2. The van der Waals surface area contributed by atoms with Crippen molar-refractivity contribution in [3.8, 4) is 11.5 Å². The molecule has 0 radical (unpaired) electrons. The third-order valence-corrected chi connectivity index (χ3v) is 3.36. The Kier molecular flexibility index (Phi) is 8.36. The Morgan fingerprint density at radius 1 is 1.14 bits per heavy atom. The van der Waals surface area contributed by atoms with E-state index in [2.05, 4.69) is 24.5 Å². The molecule has 124 valence electrons. The number of nitrogens with one attached hydrogen (secondary N) is 2. The van der Waals surface area contributed by atoms with Crippen LogP contribution in [0.15, 0.2) is 18.2 Å². The predicted molar refractivity (Wildman–Crippen MR) is 88.3 cm³/mol. The third kappa shape index (κ3) is 6.80. The van der Waals surface area contributed by atoms with Gasteiger partial charge in [0.1, 0.15) is 0 Å².